The molecule has 0 aromatic carbocycles. The van der Waals surface area contributed by atoms with Crippen LogP contribution in [-0.4, -0.2) is 32.3 Å². The molecule has 7 heteroatoms. The lowest BCUT2D eigenvalue weighted by molar-refractivity contribution is -0.137. The molecule has 0 amide bonds. The molecular weight excluding hydrogens is 326 g/mol. The van der Waals surface area contributed by atoms with Crippen LogP contribution in [0.5, 0.6) is 5.88 Å². The molecule has 1 aromatic heterocycles. The molecule has 0 radical (unpaired) electrons. The van der Waals surface area contributed by atoms with Gasteiger partial charge in [0.1, 0.15) is 0 Å². The van der Waals surface area contributed by atoms with E-state index < -0.39 is 5.97 Å². The number of aromatic hydroxyl groups is 1. The van der Waals surface area contributed by atoms with Gasteiger partial charge in [0.05, 0.1) is 4.88 Å². The summed E-state index contributed by atoms with van der Waals surface area (Å²) < 4.78 is 2.22. The molecule has 0 saturated carbocycles. The van der Waals surface area contributed by atoms with Crippen LogP contribution in [0.1, 0.15) is 30.6 Å². The van der Waals surface area contributed by atoms with Gasteiger partial charge in [0.15, 0.2) is 3.95 Å². The molecule has 4 nitrogen and oxygen atoms in total. The Morgan fingerprint density at radius 1 is 1.43 bits per heavy atom. The molecule has 1 fully saturated rings. The second-order valence-electron chi connectivity index (χ2n) is 5.01. The van der Waals surface area contributed by atoms with Gasteiger partial charge in [0, 0.05) is 13.0 Å². The van der Waals surface area contributed by atoms with Gasteiger partial charge in [-0.05, 0) is 55.0 Å². The largest absolute Gasteiger partial charge is 0.493 e. The maximum atomic E-state index is 10.5. The normalized spacial score (nSPS) is 16.6. The van der Waals surface area contributed by atoms with Crippen molar-refractivity contribution in [2.45, 2.75) is 32.2 Å². The molecule has 1 aliphatic heterocycles. The predicted octanol–water partition coefficient (Wildman–Crippen LogP) is 4.01. The number of aromatic nitrogens is 1. The van der Waals surface area contributed by atoms with Crippen molar-refractivity contribution >= 4 is 47.4 Å². The van der Waals surface area contributed by atoms with E-state index in [-0.39, 0.29) is 12.3 Å². The van der Waals surface area contributed by atoms with E-state index in [9.17, 15) is 9.90 Å². The van der Waals surface area contributed by atoms with Crippen LogP contribution >= 0.6 is 35.3 Å². The summed E-state index contributed by atoms with van der Waals surface area (Å²) in [4.78, 5) is 11.3. The van der Waals surface area contributed by atoms with Crippen molar-refractivity contribution < 1.29 is 15.0 Å². The smallest absolute Gasteiger partial charge is 0.303 e. The van der Waals surface area contributed by atoms with Crippen LogP contribution in [0.15, 0.2) is 6.08 Å². The molecule has 2 N–H and O–H groups in total. The summed E-state index contributed by atoms with van der Waals surface area (Å²) in [6, 6.07) is 0. The number of carboxylic acids is 1. The summed E-state index contributed by atoms with van der Waals surface area (Å²) in [5, 5.41) is 18.9. The third-order valence-corrected chi connectivity index (χ3v) is 5.90. The van der Waals surface area contributed by atoms with E-state index in [2.05, 4.69) is 6.08 Å². The maximum absolute atomic E-state index is 10.5. The van der Waals surface area contributed by atoms with Gasteiger partial charge in [-0.15, -0.1) is 11.3 Å². The molecule has 1 saturated heterocycles. The minimum absolute atomic E-state index is 0.0853. The minimum atomic E-state index is -0.827. The van der Waals surface area contributed by atoms with Gasteiger partial charge >= 0.3 is 5.97 Å². The number of carboxylic acid groups (broad SMARTS) is 1. The van der Waals surface area contributed by atoms with Gasteiger partial charge in [-0.1, -0.05) is 6.08 Å². The number of thiazole rings is 1. The molecule has 1 aromatic rings. The molecular formula is C14H19NO3S3. The van der Waals surface area contributed by atoms with Crippen molar-refractivity contribution in [2.75, 3.05) is 11.5 Å². The number of aliphatic carboxylic acids is 1. The summed E-state index contributed by atoms with van der Waals surface area (Å²) in [6.07, 6.45) is 7.06. The lowest BCUT2D eigenvalue weighted by Gasteiger charge is -2.17. The number of nitrogens with zero attached hydrogens (tertiary/aromatic N) is 1. The van der Waals surface area contributed by atoms with Crippen molar-refractivity contribution in [2.24, 2.45) is 5.92 Å². The zero-order chi connectivity index (χ0) is 15.2. The standard InChI is InChI=1S/C14H19NO3S3/c16-12(17)2-1-7-15-13(18)11(21-14(15)19)4-3-10-5-8-20-9-6-10/h3-4,10,18H,1-2,5-9H2,(H,16,17). The van der Waals surface area contributed by atoms with Crippen molar-refractivity contribution in [3.8, 4) is 5.88 Å². The molecule has 116 valence electrons. The molecule has 0 bridgehead atoms. The Morgan fingerprint density at radius 2 is 2.14 bits per heavy atom. The van der Waals surface area contributed by atoms with Crippen molar-refractivity contribution in [1.82, 2.24) is 4.57 Å². The Morgan fingerprint density at radius 3 is 2.81 bits per heavy atom. The Labute approximate surface area is 137 Å². The highest BCUT2D eigenvalue weighted by Crippen LogP contribution is 2.30. The molecule has 21 heavy (non-hydrogen) atoms. The number of carbonyl (C=O) groups is 1. The summed E-state index contributed by atoms with van der Waals surface area (Å²) in [5.41, 5.74) is 0. The van der Waals surface area contributed by atoms with Crippen LogP contribution in [0.4, 0.5) is 0 Å². The van der Waals surface area contributed by atoms with Gasteiger partial charge in [0.25, 0.3) is 0 Å². The fraction of sp³-hybridized carbons (Fsp3) is 0.571. The molecule has 0 unspecified atom stereocenters. The quantitative estimate of drug-likeness (QED) is 0.763. The highest BCUT2D eigenvalue weighted by Gasteiger charge is 2.13. The first-order valence-electron chi connectivity index (χ1n) is 6.98. The van der Waals surface area contributed by atoms with Crippen LogP contribution in [0.25, 0.3) is 6.08 Å². The van der Waals surface area contributed by atoms with Crippen LogP contribution in [0.3, 0.4) is 0 Å². The maximum Gasteiger partial charge on any atom is 0.303 e. The Kier molecular flexibility index (Phi) is 6.32. The Bertz CT molecular complexity index is 571. The fourth-order valence-corrected chi connectivity index (χ4v) is 4.65. The fourth-order valence-electron chi connectivity index (χ4n) is 2.24. The molecule has 2 heterocycles. The van der Waals surface area contributed by atoms with E-state index in [1.54, 1.807) is 4.57 Å². The first kappa shape index (κ1) is 16.6. The third kappa shape index (κ3) is 4.86. The second-order valence-corrected chi connectivity index (χ2v) is 7.91. The van der Waals surface area contributed by atoms with E-state index >= 15 is 0 Å². The zero-order valence-electron chi connectivity index (χ0n) is 11.7. The van der Waals surface area contributed by atoms with Gasteiger partial charge < -0.3 is 10.2 Å². The Balaban J connectivity index is 2.02. The van der Waals surface area contributed by atoms with E-state index in [0.717, 1.165) is 4.88 Å². The zero-order valence-corrected chi connectivity index (χ0v) is 14.1. The molecule has 2 rings (SSSR count). The topological polar surface area (TPSA) is 62.5 Å². The number of rotatable bonds is 6. The molecule has 0 atom stereocenters. The highest BCUT2D eigenvalue weighted by molar-refractivity contribution is 7.99. The molecule has 0 spiro atoms. The van der Waals surface area contributed by atoms with Crippen molar-refractivity contribution in [3.05, 3.63) is 14.9 Å². The SMILES string of the molecule is O=C(O)CCCn1c(O)c(C=CC2CCSCC2)sc1=S. The van der Waals surface area contributed by atoms with Gasteiger partial charge in [-0.25, -0.2) is 0 Å². The predicted molar refractivity (Wildman–Crippen MR) is 90.8 cm³/mol. The van der Waals surface area contributed by atoms with Crippen LogP contribution in [-0.2, 0) is 11.3 Å². The molecule has 0 aliphatic carbocycles. The minimum Gasteiger partial charge on any atom is -0.493 e. The van der Waals surface area contributed by atoms with E-state index in [1.165, 1.54) is 35.7 Å². The number of thioether (sulfide) groups is 1. The van der Waals surface area contributed by atoms with E-state index in [4.69, 9.17) is 17.3 Å². The summed E-state index contributed by atoms with van der Waals surface area (Å²) in [7, 11) is 0. The van der Waals surface area contributed by atoms with E-state index in [0.29, 0.717) is 22.8 Å². The summed E-state index contributed by atoms with van der Waals surface area (Å²) >= 11 is 8.62. The second kappa shape index (κ2) is 8.00. The van der Waals surface area contributed by atoms with Gasteiger partial charge in [-0.2, -0.15) is 11.8 Å². The third-order valence-electron chi connectivity index (χ3n) is 3.45. The highest BCUT2D eigenvalue weighted by atomic mass is 32.2. The lowest BCUT2D eigenvalue weighted by Crippen LogP contribution is -2.06. The van der Waals surface area contributed by atoms with Crippen molar-refractivity contribution in [1.29, 1.82) is 0 Å². The first-order chi connectivity index (χ1) is 10.1. The Hall–Kier alpha value is -0.790. The van der Waals surface area contributed by atoms with Crippen LogP contribution in [0, 0.1) is 9.87 Å². The van der Waals surface area contributed by atoms with E-state index in [1.807, 2.05) is 17.8 Å². The van der Waals surface area contributed by atoms with Crippen LogP contribution in [0.2, 0.25) is 0 Å². The first-order valence-corrected chi connectivity index (χ1v) is 9.36. The molecule has 1 aliphatic rings. The monoisotopic (exact) mass is 345 g/mol. The van der Waals surface area contributed by atoms with Crippen LogP contribution < -0.4 is 0 Å². The number of hydrogen-bond acceptors (Lipinski definition) is 5. The van der Waals surface area contributed by atoms with Crippen molar-refractivity contribution in [3.63, 3.8) is 0 Å². The van der Waals surface area contributed by atoms with Gasteiger partial charge in [-0.3, -0.25) is 9.36 Å². The lowest BCUT2D eigenvalue weighted by atomic mass is 10.0. The average Bonchev–Trinajstić information content (AvgIpc) is 2.73. The van der Waals surface area contributed by atoms with Gasteiger partial charge in [0.2, 0.25) is 5.88 Å². The average molecular weight is 346 g/mol. The number of hydrogen-bond donors (Lipinski definition) is 2. The summed E-state index contributed by atoms with van der Waals surface area (Å²) in [5.74, 6) is 2.32. The number of allylic oxidation sites excluding steroid dienone is 1. The summed E-state index contributed by atoms with van der Waals surface area (Å²) in [6.45, 7) is 0.446.